The molecule has 1 atom stereocenters. The Morgan fingerprint density at radius 3 is 2.54 bits per heavy atom. The average Bonchev–Trinajstić information content (AvgIpc) is 2.64. The van der Waals surface area contributed by atoms with Gasteiger partial charge in [0.1, 0.15) is 5.82 Å². The number of carbonyl (C=O) groups excluding carboxylic acids is 2. The molecule has 2 aliphatic rings. The molecule has 0 radical (unpaired) electrons. The standard InChI is InChI=1S/C18H22ClN3O2/c19-15-6-7-16(20-12-15)21-17(23)13-8-10-22(11-9-13)18(24)14-4-2-1-3-5-14/h1-2,6-7,12-14H,3-5,8-11H2,(H,20,21,23)/t14-/m1/s1. The molecule has 3 rings (SSSR count). The van der Waals surface area contributed by atoms with E-state index in [-0.39, 0.29) is 23.7 Å². The van der Waals surface area contributed by atoms with Gasteiger partial charge in [0.25, 0.3) is 0 Å². The molecule has 0 spiro atoms. The lowest BCUT2D eigenvalue weighted by Crippen LogP contribution is -2.44. The molecule has 1 N–H and O–H groups in total. The quantitative estimate of drug-likeness (QED) is 0.853. The zero-order valence-corrected chi connectivity index (χ0v) is 14.3. The van der Waals surface area contributed by atoms with Crippen molar-refractivity contribution in [2.45, 2.75) is 32.1 Å². The zero-order valence-electron chi connectivity index (χ0n) is 13.6. The lowest BCUT2D eigenvalue weighted by Gasteiger charge is -2.34. The molecule has 1 aromatic heterocycles. The predicted octanol–water partition coefficient (Wildman–Crippen LogP) is 3.27. The van der Waals surface area contributed by atoms with Crippen LogP contribution in [0.4, 0.5) is 5.82 Å². The number of nitrogens with one attached hydrogen (secondary N) is 1. The maximum Gasteiger partial charge on any atom is 0.228 e. The molecule has 0 unspecified atom stereocenters. The van der Waals surface area contributed by atoms with Crippen LogP contribution >= 0.6 is 11.6 Å². The molecule has 0 bridgehead atoms. The lowest BCUT2D eigenvalue weighted by atomic mass is 9.90. The molecule has 5 nitrogen and oxygen atoms in total. The van der Waals surface area contributed by atoms with Crippen LogP contribution in [-0.4, -0.2) is 34.8 Å². The minimum Gasteiger partial charge on any atom is -0.342 e. The van der Waals surface area contributed by atoms with Gasteiger partial charge in [0.05, 0.1) is 5.02 Å². The third-order valence-electron chi connectivity index (χ3n) is 4.77. The zero-order chi connectivity index (χ0) is 16.9. The summed E-state index contributed by atoms with van der Waals surface area (Å²) in [5.74, 6) is 0.781. The number of aromatic nitrogens is 1. The van der Waals surface area contributed by atoms with Crippen molar-refractivity contribution in [3.63, 3.8) is 0 Å². The Morgan fingerprint density at radius 1 is 1.12 bits per heavy atom. The van der Waals surface area contributed by atoms with E-state index in [2.05, 4.69) is 22.5 Å². The largest absolute Gasteiger partial charge is 0.342 e. The minimum absolute atomic E-state index is 0.0301. The van der Waals surface area contributed by atoms with Crippen molar-refractivity contribution in [2.24, 2.45) is 11.8 Å². The molecule has 1 fully saturated rings. The third-order valence-corrected chi connectivity index (χ3v) is 5.00. The van der Waals surface area contributed by atoms with E-state index in [0.29, 0.717) is 36.8 Å². The van der Waals surface area contributed by atoms with Crippen LogP contribution in [0.15, 0.2) is 30.5 Å². The van der Waals surface area contributed by atoms with Crippen LogP contribution in [0.5, 0.6) is 0 Å². The first-order valence-electron chi connectivity index (χ1n) is 8.49. The van der Waals surface area contributed by atoms with Gasteiger partial charge in [-0.3, -0.25) is 9.59 Å². The number of pyridine rings is 1. The first-order chi connectivity index (χ1) is 11.6. The number of hydrogen-bond donors (Lipinski definition) is 1. The maximum absolute atomic E-state index is 12.5. The van der Waals surface area contributed by atoms with E-state index in [1.54, 1.807) is 12.1 Å². The molecule has 2 heterocycles. The predicted molar refractivity (Wildman–Crippen MR) is 93.7 cm³/mol. The maximum atomic E-state index is 12.5. The highest BCUT2D eigenvalue weighted by atomic mass is 35.5. The van der Waals surface area contributed by atoms with E-state index in [0.717, 1.165) is 19.3 Å². The van der Waals surface area contributed by atoms with Crippen LogP contribution in [0.25, 0.3) is 0 Å². The Labute approximate surface area is 147 Å². The van der Waals surface area contributed by atoms with Gasteiger partial charge in [0, 0.05) is 31.1 Å². The summed E-state index contributed by atoms with van der Waals surface area (Å²) < 4.78 is 0. The summed E-state index contributed by atoms with van der Waals surface area (Å²) in [6.07, 6.45) is 9.94. The van der Waals surface area contributed by atoms with E-state index in [1.165, 1.54) is 6.20 Å². The number of likely N-dealkylation sites (tertiary alicyclic amines) is 1. The van der Waals surface area contributed by atoms with Crippen molar-refractivity contribution in [3.8, 4) is 0 Å². The molecular formula is C18H22ClN3O2. The van der Waals surface area contributed by atoms with Crippen molar-refractivity contribution >= 4 is 29.2 Å². The molecule has 24 heavy (non-hydrogen) atoms. The second kappa shape index (κ2) is 7.79. The number of carbonyl (C=O) groups is 2. The van der Waals surface area contributed by atoms with Crippen molar-refractivity contribution in [1.82, 2.24) is 9.88 Å². The fourth-order valence-electron chi connectivity index (χ4n) is 3.32. The molecule has 128 valence electrons. The van der Waals surface area contributed by atoms with Crippen LogP contribution in [0.3, 0.4) is 0 Å². The topological polar surface area (TPSA) is 62.3 Å². The Bertz CT molecular complexity index is 622. The second-order valence-corrected chi connectivity index (χ2v) is 6.87. The van der Waals surface area contributed by atoms with E-state index in [4.69, 9.17) is 11.6 Å². The van der Waals surface area contributed by atoms with Crippen LogP contribution in [-0.2, 0) is 9.59 Å². The molecule has 1 saturated heterocycles. The number of rotatable bonds is 3. The highest BCUT2D eigenvalue weighted by Crippen LogP contribution is 2.25. The molecule has 0 aromatic carbocycles. The van der Waals surface area contributed by atoms with Gasteiger partial charge in [0.2, 0.25) is 11.8 Å². The fraction of sp³-hybridized carbons (Fsp3) is 0.500. The Kier molecular flexibility index (Phi) is 5.51. The highest BCUT2D eigenvalue weighted by Gasteiger charge is 2.30. The Hall–Kier alpha value is -1.88. The minimum atomic E-state index is -0.0715. The van der Waals surface area contributed by atoms with Gasteiger partial charge in [-0.2, -0.15) is 0 Å². The lowest BCUT2D eigenvalue weighted by molar-refractivity contribution is -0.138. The fourth-order valence-corrected chi connectivity index (χ4v) is 3.43. The van der Waals surface area contributed by atoms with Gasteiger partial charge in [0.15, 0.2) is 0 Å². The number of nitrogens with zero attached hydrogens (tertiary/aromatic N) is 2. The summed E-state index contributed by atoms with van der Waals surface area (Å²) in [5, 5.41) is 3.36. The monoisotopic (exact) mass is 347 g/mol. The molecule has 2 amide bonds. The molecule has 1 aliphatic heterocycles. The summed E-state index contributed by atoms with van der Waals surface area (Å²) in [7, 11) is 0. The summed E-state index contributed by atoms with van der Waals surface area (Å²) in [6, 6.07) is 3.39. The van der Waals surface area contributed by atoms with Gasteiger partial charge in [-0.25, -0.2) is 4.98 Å². The number of halogens is 1. The number of allylic oxidation sites excluding steroid dienone is 2. The number of amides is 2. The van der Waals surface area contributed by atoms with E-state index < -0.39 is 0 Å². The van der Waals surface area contributed by atoms with E-state index in [1.807, 2.05) is 4.90 Å². The number of anilines is 1. The molecule has 1 aromatic rings. The van der Waals surface area contributed by atoms with Gasteiger partial charge in [-0.15, -0.1) is 0 Å². The normalized spacial score (nSPS) is 21.5. The van der Waals surface area contributed by atoms with Gasteiger partial charge in [-0.1, -0.05) is 23.8 Å². The summed E-state index contributed by atoms with van der Waals surface area (Å²) in [5.41, 5.74) is 0. The average molecular weight is 348 g/mol. The van der Waals surface area contributed by atoms with Crippen molar-refractivity contribution in [1.29, 1.82) is 0 Å². The van der Waals surface area contributed by atoms with Crippen LogP contribution in [0.2, 0.25) is 5.02 Å². The van der Waals surface area contributed by atoms with Crippen LogP contribution in [0, 0.1) is 11.8 Å². The van der Waals surface area contributed by atoms with Gasteiger partial charge >= 0.3 is 0 Å². The molecule has 6 heteroatoms. The smallest absolute Gasteiger partial charge is 0.228 e. The van der Waals surface area contributed by atoms with Crippen molar-refractivity contribution in [2.75, 3.05) is 18.4 Å². The van der Waals surface area contributed by atoms with Crippen LogP contribution < -0.4 is 5.32 Å². The highest BCUT2D eigenvalue weighted by molar-refractivity contribution is 6.30. The number of hydrogen-bond acceptors (Lipinski definition) is 3. The van der Waals surface area contributed by atoms with Crippen molar-refractivity contribution < 1.29 is 9.59 Å². The summed E-state index contributed by atoms with van der Waals surface area (Å²) in [4.78, 5) is 30.9. The van der Waals surface area contributed by atoms with Crippen molar-refractivity contribution in [3.05, 3.63) is 35.5 Å². The van der Waals surface area contributed by atoms with Crippen LogP contribution in [0.1, 0.15) is 32.1 Å². The van der Waals surface area contributed by atoms with Gasteiger partial charge < -0.3 is 10.2 Å². The summed E-state index contributed by atoms with van der Waals surface area (Å²) in [6.45, 7) is 1.32. The first-order valence-corrected chi connectivity index (χ1v) is 8.87. The van der Waals surface area contributed by atoms with Gasteiger partial charge in [-0.05, 0) is 44.2 Å². The van der Waals surface area contributed by atoms with E-state index >= 15 is 0 Å². The second-order valence-electron chi connectivity index (χ2n) is 6.43. The summed E-state index contributed by atoms with van der Waals surface area (Å²) >= 11 is 5.79. The Morgan fingerprint density at radius 2 is 1.92 bits per heavy atom. The molecule has 0 saturated carbocycles. The molecular weight excluding hydrogens is 326 g/mol. The SMILES string of the molecule is O=C(Nc1ccc(Cl)cn1)C1CCN(C(=O)[C@@H]2CC=CCC2)CC1. The molecule has 1 aliphatic carbocycles. The third kappa shape index (κ3) is 4.15. The Balaban J connectivity index is 1.49. The number of piperidine rings is 1. The van der Waals surface area contributed by atoms with E-state index in [9.17, 15) is 9.59 Å². The first kappa shape index (κ1) is 17.0.